The molecule has 0 radical (unpaired) electrons. The zero-order valence-corrected chi connectivity index (χ0v) is 8.21. The summed E-state index contributed by atoms with van der Waals surface area (Å²) in [5.41, 5.74) is 1.38. The summed E-state index contributed by atoms with van der Waals surface area (Å²) in [6.07, 6.45) is 2.11. The molecule has 0 N–H and O–H groups in total. The summed E-state index contributed by atoms with van der Waals surface area (Å²) in [7, 11) is 0. The zero-order valence-electron chi connectivity index (χ0n) is 5.80. The summed E-state index contributed by atoms with van der Waals surface area (Å²) in [6, 6.07) is 8.40. The molecular weight excluding hydrogens is 208 g/mol. The van der Waals surface area contributed by atoms with Crippen LogP contribution in [0.5, 0.6) is 0 Å². The average Bonchev–Trinajstić information content (AvgIpc) is 1.88. The van der Waals surface area contributed by atoms with Crippen LogP contribution in [0, 0.1) is 0 Å². The summed E-state index contributed by atoms with van der Waals surface area (Å²) < 4.78 is 1.17. The van der Waals surface area contributed by atoms with Crippen molar-refractivity contribution in [2.24, 2.45) is 0 Å². The first-order valence-electron chi connectivity index (χ1n) is 3.06. The van der Waals surface area contributed by atoms with Crippen LogP contribution < -0.4 is 0 Å². The molecule has 0 atom stereocenters. The largest absolute Gasteiger partial charge is 0.161 e. The van der Waals surface area contributed by atoms with Crippen molar-refractivity contribution in [1.29, 1.82) is 0 Å². The Kier molecular flexibility index (Phi) is 3.29. The van der Waals surface area contributed by atoms with Crippen LogP contribution in [-0.4, -0.2) is 6.26 Å². The van der Waals surface area contributed by atoms with Crippen LogP contribution in [0.1, 0.15) is 5.56 Å². The normalized spacial score (nSPS) is 9.80. The van der Waals surface area contributed by atoms with E-state index >= 15 is 0 Å². The smallest absolute Gasteiger partial charge is 0.0182 e. The van der Waals surface area contributed by atoms with Crippen molar-refractivity contribution in [3.8, 4) is 0 Å². The van der Waals surface area contributed by atoms with Gasteiger partial charge in [-0.15, -0.1) is 0 Å². The van der Waals surface area contributed by atoms with E-state index in [-0.39, 0.29) is 0 Å². The Bertz CT molecular complexity index is 210. The molecular formula is C8H9BrS. The fourth-order valence-electron chi connectivity index (χ4n) is 0.793. The van der Waals surface area contributed by atoms with E-state index in [9.17, 15) is 0 Å². The van der Waals surface area contributed by atoms with Gasteiger partial charge in [0, 0.05) is 10.2 Å². The zero-order chi connectivity index (χ0) is 7.40. The first-order valence-corrected chi connectivity index (χ1v) is 5.25. The molecule has 1 aromatic rings. The number of rotatable bonds is 2. The lowest BCUT2D eigenvalue weighted by Gasteiger charge is -1.96. The molecule has 0 aliphatic carbocycles. The van der Waals surface area contributed by atoms with Crippen LogP contribution in [0.3, 0.4) is 0 Å². The highest BCUT2D eigenvalue weighted by Gasteiger charge is 1.90. The highest BCUT2D eigenvalue weighted by molar-refractivity contribution is 9.10. The van der Waals surface area contributed by atoms with Crippen molar-refractivity contribution >= 4 is 27.7 Å². The monoisotopic (exact) mass is 216 g/mol. The van der Waals surface area contributed by atoms with Crippen molar-refractivity contribution < 1.29 is 0 Å². The predicted molar refractivity (Wildman–Crippen MR) is 51.4 cm³/mol. The standard InChI is InChI=1S/C8H9BrS/c1-10-6-7-3-2-4-8(9)5-7/h2-5H,6H2,1H3. The van der Waals surface area contributed by atoms with E-state index < -0.39 is 0 Å². The number of thioether (sulfide) groups is 1. The van der Waals surface area contributed by atoms with E-state index in [0.29, 0.717) is 0 Å². The van der Waals surface area contributed by atoms with Crippen LogP contribution in [0.25, 0.3) is 0 Å². The maximum Gasteiger partial charge on any atom is 0.0182 e. The van der Waals surface area contributed by atoms with Crippen LogP contribution in [-0.2, 0) is 5.75 Å². The lowest BCUT2D eigenvalue weighted by atomic mass is 10.2. The second kappa shape index (κ2) is 4.04. The minimum atomic E-state index is 1.10. The van der Waals surface area contributed by atoms with Crippen molar-refractivity contribution in [3.05, 3.63) is 34.3 Å². The Morgan fingerprint density at radius 1 is 1.50 bits per heavy atom. The highest BCUT2D eigenvalue weighted by atomic mass is 79.9. The van der Waals surface area contributed by atoms with Crippen molar-refractivity contribution in [1.82, 2.24) is 0 Å². The summed E-state index contributed by atoms with van der Waals surface area (Å²) in [5.74, 6) is 1.10. The lowest BCUT2D eigenvalue weighted by Crippen LogP contribution is -1.77. The Morgan fingerprint density at radius 2 is 2.30 bits per heavy atom. The fraction of sp³-hybridized carbons (Fsp3) is 0.250. The van der Waals surface area contributed by atoms with Gasteiger partial charge in [-0.05, 0) is 24.0 Å². The van der Waals surface area contributed by atoms with Crippen molar-refractivity contribution in [2.45, 2.75) is 5.75 Å². The number of hydrogen-bond acceptors (Lipinski definition) is 1. The maximum absolute atomic E-state index is 3.42. The predicted octanol–water partition coefficient (Wildman–Crippen LogP) is 3.31. The lowest BCUT2D eigenvalue weighted by molar-refractivity contribution is 1.40. The summed E-state index contributed by atoms with van der Waals surface area (Å²) in [6.45, 7) is 0. The molecule has 2 heteroatoms. The molecule has 0 unspecified atom stereocenters. The molecule has 0 saturated heterocycles. The minimum Gasteiger partial charge on any atom is -0.161 e. The molecule has 0 aliphatic heterocycles. The van der Waals surface area contributed by atoms with Gasteiger partial charge in [0.2, 0.25) is 0 Å². The first-order chi connectivity index (χ1) is 4.83. The van der Waals surface area contributed by atoms with Gasteiger partial charge in [0.15, 0.2) is 0 Å². The molecule has 1 aromatic carbocycles. The summed E-state index contributed by atoms with van der Waals surface area (Å²) >= 11 is 5.27. The van der Waals surface area contributed by atoms with Gasteiger partial charge in [-0.2, -0.15) is 11.8 Å². The van der Waals surface area contributed by atoms with Gasteiger partial charge in [-0.25, -0.2) is 0 Å². The SMILES string of the molecule is CSCc1cccc(Br)c1. The van der Waals surface area contributed by atoms with Crippen molar-refractivity contribution in [2.75, 3.05) is 6.26 Å². The van der Waals surface area contributed by atoms with Gasteiger partial charge < -0.3 is 0 Å². The van der Waals surface area contributed by atoms with Crippen molar-refractivity contribution in [3.63, 3.8) is 0 Å². The molecule has 0 fully saturated rings. The average molecular weight is 217 g/mol. The van der Waals surface area contributed by atoms with Gasteiger partial charge in [0.1, 0.15) is 0 Å². The molecule has 1 rings (SSSR count). The fourth-order valence-corrected chi connectivity index (χ4v) is 1.75. The third-order valence-electron chi connectivity index (χ3n) is 1.20. The van der Waals surface area contributed by atoms with E-state index in [4.69, 9.17) is 0 Å². The van der Waals surface area contributed by atoms with E-state index in [0.717, 1.165) is 5.75 Å². The molecule has 0 aromatic heterocycles. The van der Waals surface area contributed by atoms with Gasteiger partial charge in [0.25, 0.3) is 0 Å². The minimum absolute atomic E-state index is 1.10. The molecule has 10 heavy (non-hydrogen) atoms. The van der Waals surface area contributed by atoms with E-state index in [1.807, 2.05) is 17.8 Å². The van der Waals surface area contributed by atoms with Gasteiger partial charge in [-0.3, -0.25) is 0 Å². The van der Waals surface area contributed by atoms with Gasteiger partial charge in [-0.1, -0.05) is 28.1 Å². The number of hydrogen-bond donors (Lipinski definition) is 0. The molecule has 0 bridgehead atoms. The van der Waals surface area contributed by atoms with Gasteiger partial charge >= 0.3 is 0 Å². The molecule has 0 nitrogen and oxygen atoms in total. The van der Waals surface area contributed by atoms with Crippen LogP contribution in [0.2, 0.25) is 0 Å². The topological polar surface area (TPSA) is 0 Å². The molecule has 54 valence electrons. The Balaban J connectivity index is 2.75. The van der Waals surface area contributed by atoms with E-state index in [1.165, 1.54) is 10.0 Å². The molecule has 0 saturated carbocycles. The molecule has 0 heterocycles. The third-order valence-corrected chi connectivity index (χ3v) is 2.32. The number of halogens is 1. The molecule has 0 spiro atoms. The van der Waals surface area contributed by atoms with Gasteiger partial charge in [0.05, 0.1) is 0 Å². The summed E-state index contributed by atoms with van der Waals surface area (Å²) in [5, 5.41) is 0. The molecule has 0 aliphatic rings. The van der Waals surface area contributed by atoms with E-state index in [1.54, 1.807) is 0 Å². The quantitative estimate of drug-likeness (QED) is 0.732. The van der Waals surface area contributed by atoms with Crippen LogP contribution in [0.4, 0.5) is 0 Å². The Morgan fingerprint density at radius 3 is 2.90 bits per heavy atom. The van der Waals surface area contributed by atoms with E-state index in [2.05, 4.69) is 40.4 Å². The van der Waals surface area contributed by atoms with Crippen LogP contribution >= 0.6 is 27.7 Å². The molecule has 0 amide bonds. The van der Waals surface area contributed by atoms with Crippen LogP contribution in [0.15, 0.2) is 28.7 Å². The summed E-state index contributed by atoms with van der Waals surface area (Å²) in [4.78, 5) is 0. The Hall–Kier alpha value is 0.0500. The maximum atomic E-state index is 3.42. The second-order valence-corrected chi connectivity index (χ2v) is 3.84. The highest BCUT2D eigenvalue weighted by Crippen LogP contribution is 2.14. The third kappa shape index (κ3) is 2.35. The number of benzene rings is 1. The Labute approximate surface area is 74.2 Å². The second-order valence-electron chi connectivity index (χ2n) is 2.06. The first kappa shape index (κ1) is 8.15.